The lowest BCUT2D eigenvalue weighted by Gasteiger charge is -2.14. The van der Waals surface area contributed by atoms with Gasteiger partial charge in [0.05, 0.1) is 14.2 Å². The lowest BCUT2D eigenvalue weighted by Crippen LogP contribution is -2.18. The van der Waals surface area contributed by atoms with Crippen molar-refractivity contribution in [1.29, 1.82) is 0 Å². The number of nitrogens with two attached hydrogens (primary N) is 1. The van der Waals surface area contributed by atoms with Gasteiger partial charge in [0, 0.05) is 18.2 Å². The zero-order valence-corrected chi connectivity index (χ0v) is 10.9. The number of hydrogen-bond acceptors (Lipinski definition) is 4. The SMILES string of the molecule is COc1cc(C)c(CNCCCN)c(OC)c1. The van der Waals surface area contributed by atoms with Crippen LogP contribution in [0.1, 0.15) is 17.5 Å². The molecule has 96 valence electrons. The largest absolute Gasteiger partial charge is 0.497 e. The highest BCUT2D eigenvalue weighted by atomic mass is 16.5. The first-order chi connectivity index (χ1) is 8.22. The van der Waals surface area contributed by atoms with E-state index >= 15 is 0 Å². The fourth-order valence-electron chi connectivity index (χ4n) is 1.72. The Morgan fingerprint density at radius 3 is 2.59 bits per heavy atom. The third-order valence-corrected chi connectivity index (χ3v) is 2.72. The van der Waals surface area contributed by atoms with Gasteiger partial charge < -0.3 is 20.5 Å². The average Bonchev–Trinajstić information content (AvgIpc) is 2.35. The molecule has 17 heavy (non-hydrogen) atoms. The second kappa shape index (κ2) is 7.14. The van der Waals surface area contributed by atoms with Gasteiger partial charge in [-0.1, -0.05) is 0 Å². The van der Waals surface area contributed by atoms with E-state index in [2.05, 4.69) is 12.2 Å². The van der Waals surface area contributed by atoms with Crippen LogP contribution in [-0.4, -0.2) is 27.3 Å². The number of hydrogen-bond donors (Lipinski definition) is 2. The van der Waals surface area contributed by atoms with Crippen LogP contribution in [0, 0.1) is 6.92 Å². The summed E-state index contributed by atoms with van der Waals surface area (Å²) < 4.78 is 10.6. The zero-order chi connectivity index (χ0) is 12.7. The van der Waals surface area contributed by atoms with E-state index in [9.17, 15) is 0 Å². The lowest BCUT2D eigenvalue weighted by molar-refractivity contribution is 0.389. The first kappa shape index (κ1) is 13.8. The van der Waals surface area contributed by atoms with E-state index in [1.165, 1.54) is 11.1 Å². The Morgan fingerprint density at radius 2 is 2.00 bits per heavy atom. The molecule has 0 spiro atoms. The second-order valence-electron chi connectivity index (χ2n) is 3.94. The smallest absolute Gasteiger partial charge is 0.127 e. The Kier molecular flexibility index (Phi) is 5.80. The minimum absolute atomic E-state index is 0.714. The third-order valence-electron chi connectivity index (χ3n) is 2.72. The summed E-state index contributed by atoms with van der Waals surface area (Å²) in [5.41, 5.74) is 7.79. The number of ether oxygens (including phenoxy) is 2. The van der Waals surface area contributed by atoms with Crippen molar-refractivity contribution in [2.24, 2.45) is 5.73 Å². The monoisotopic (exact) mass is 238 g/mol. The number of rotatable bonds is 7. The molecule has 0 atom stereocenters. The topological polar surface area (TPSA) is 56.5 Å². The molecule has 0 aliphatic carbocycles. The van der Waals surface area contributed by atoms with Crippen molar-refractivity contribution in [3.05, 3.63) is 23.3 Å². The van der Waals surface area contributed by atoms with Crippen molar-refractivity contribution in [3.63, 3.8) is 0 Å². The minimum atomic E-state index is 0.714. The molecule has 0 amide bonds. The van der Waals surface area contributed by atoms with Crippen LogP contribution in [0.5, 0.6) is 11.5 Å². The molecule has 0 radical (unpaired) electrons. The molecule has 0 bridgehead atoms. The van der Waals surface area contributed by atoms with Crippen molar-refractivity contribution in [2.75, 3.05) is 27.3 Å². The molecule has 4 nitrogen and oxygen atoms in total. The minimum Gasteiger partial charge on any atom is -0.497 e. The van der Waals surface area contributed by atoms with Crippen molar-refractivity contribution in [1.82, 2.24) is 5.32 Å². The number of methoxy groups -OCH3 is 2. The quantitative estimate of drug-likeness (QED) is 0.706. The predicted molar refractivity (Wildman–Crippen MR) is 69.7 cm³/mol. The molecular weight excluding hydrogens is 216 g/mol. The molecule has 3 N–H and O–H groups in total. The van der Waals surface area contributed by atoms with Gasteiger partial charge >= 0.3 is 0 Å². The fourth-order valence-corrected chi connectivity index (χ4v) is 1.72. The summed E-state index contributed by atoms with van der Waals surface area (Å²) in [6.07, 6.45) is 0.984. The maximum absolute atomic E-state index is 5.45. The first-order valence-electron chi connectivity index (χ1n) is 5.85. The molecule has 4 heteroatoms. The molecule has 0 unspecified atom stereocenters. The number of benzene rings is 1. The van der Waals surface area contributed by atoms with Crippen LogP contribution in [-0.2, 0) is 6.54 Å². The van der Waals surface area contributed by atoms with Crippen molar-refractivity contribution in [3.8, 4) is 11.5 Å². The maximum atomic E-state index is 5.45. The molecule has 1 rings (SSSR count). The highest BCUT2D eigenvalue weighted by Gasteiger charge is 2.08. The summed E-state index contributed by atoms with van der Waals surface area (Å²) in [4.78, 5) is 0. The maximum Gasteiger partial charge on any atom is 0.127 e. The van der Waals surface area contributed by atoms with E-state index in [1.54, 1.807) is 14.2 Å². The van der Waals surface area contributed by atoms with Crippen LogP contribution in [0.3, 0.4) is 0 Å². The first-order valence-corrected chi connectivity index (χ1v) is 5.85. The highest BCUT2D eigenvalue weighted by Crippen LogP contribution is 2.28. The molecule has 0 fully saturated rings. The summed E-state index contributed by atoms with van der Waals surface area (Å²) in [5.74, 6) is 1.69. The summed E-state index contributed by atoms with van der Waals surface area (Å²) in [6.45, 7) is 4.49. The second-order valence-corrected chi connectivity index (χ2v) is 3.94. The van der Waals surface area contributed by atoms with Crippen LogP contribution in [0.4, 0.5) is 0 Å². The van der Waals surface area contributed by atoms with E-state index in [0.29, 0.717) is 6.54 Å². The third kappa shape index (κ3) is 3.91. The average molecular weight is 238 g/mol. The Morgan fingerprint density at radius 1 is 1.24 bits per heavy atom. The number of aryl methyl sites for hydroxylation is 1. The summed E-state index contributed by atoms with van der Waals surface area (Å²) in [7, 11) is 3.34. The van der Waals surface area contributed by atoms with E-state index in [0.717, 1.165) is 31.0 Å². The van der Waals surface area contributed by atoms with Crippen molar-refractivity contribution in [2.45, 2.75) is 19.9 Å². The van der Waals surface area contributed by atoms with Crippen LogP contribution in [0.25, 0.3) is 0 Å². The molecule has 1 aromatic rings. The van der Waals surface area contributed by atoms with Gasteiger partial charge in [-0.05, 0) is 38.1 Å². The fraction of sp³-hybridized carbons (Fsp3) is 0.538. The predicted octanol–water partition coefficient (Wildman–Crippen LogP) is 1.45. The van der Waals surface area contributed by atoms with E-state index in [1.807, 2.05) is 12.1 Å². The van der Waals surface area contributed by atoms with Gasteiger partial charge in [0.25, 0.3) is 0 Å². The molecule has 0 heterocycles. The number of nitrogens with one attached hydrogen (secondary N) is 1. The summed E-state index contributed by atoms with van der Waals surface area (Å²) in [6, 6.07) is 3.93. The van der Waals surface area contributed by atoms with Gasteiger partial charge in [0.1, 0.15) is 11.5 Å². The Hall–Kier alpha value is -1.26. The van der Waals surface area contributed by atoms with Crippen LogP contribution < -0.4 is 20.5 Å². The molecule has 0 saturated heterocycles. The van der Waals surface area contributed by atoms with Gasteiger partial charge in [-0.3, -0.25) is 0 Å². The summed E-state index contributed by atoms with van der Waals surface area (Å²) >= 11 is 0. The Bertz CT molecular complexity index is 354. The van der Waals surface area contributed by atoms with Gasteiger partial charge in [0.15, 0.2) is 0 Å². The van der Waals surface area contributed by atoms with E-state index in [4.69, 9.17) is 15.2 Å². The van der Waals surface area contributed by atoms with Crippen molar-refractivity contribution < 1.29 is 9.47 Å². The molecular formula is C13H22N2O2. The van der Waals surface area contributed by atoms with Gasteiger partial charge in [-0.2, -0.15) is 0 Å². The molecule has 0 aliphatic rings. The molecule has 0 saturated carbocycles. The normalized spacial score (nSPS) is 10.4. The van der Waals surface area contributed by atoms with E-state index < -0.39 is 0 Å². The molecule has 0 aliphatic heterocycles. The van der Waals surface area contributed by atoms with E-state index in [-0.39, 0.29) is 0 Å². The van der Waals surface area contributed by atoms with Crippen molar-refractivity contribution >= 4 is 0 Å². The summed E-state index contributed by atoms with van der Waals surface area (Å²) in [5, 5.41) is 3.35. The highest BCUT2D eigenvalue weighted by molar-refractivity contribution is 5.46. The Balaban J connectivity index is 2.75. The van der Waals surface area contributed by atoms with Gasteiger partial charge in [-0.25, -0.2) is 0 Å². The van der Waals surface area contributed by atoms with Crippen LogP contribution >= 0.6 is 0 Å². The molecule has 1 aromatic carbocycles. The van der Waals surface area contributed by atoms with Gasteiger partial charge in [-0.15, -0.1) is 0 Å². The van der Waals surface area contributed by atoms with Crippen LogP contribution in [0.15, 0.2) is 12.1 Å². The zero-order valence-electron chi connectivity index (χ0n) is 10.9. The Labute approximate surface area is 103 Å². The lowest BCUT2D eigenvalue weighted by atomic mass is 10.1. The standard InChI is InChI=1S/C13H22N2O2/c1-10-7-11(16-2)8-13(17-3)12(10)9-15-6-4-5-14/h7-8,15H,4-6,9,14H2,1-3H3. The van der Waals surface area contributed by atoms with Gasteiger partial charge in [0.2, 0.25) is 0 Å². The van der Waals surface area contributed by atoms with Crippen LogP contribution in [0.2, 0.25) is 0 Å². The molecule has 0 aromatic heterocycles.